The van der Waals surface area contributed by atoms with Crippen LogP contribution in [0.3, 0.4) is 0 Å². The fourth-order valence-corrected chi connectivity index (χ4v) is 7.45. The van der Waals surface area contributed by atoms with Crippen molar-refractivity contribution in [3.8, 4) is 0 Å². The Labute approximate surface area is 176 Å². The van der Waals surface area contributed by atoms with Crippen LogP contribution >= 0.6 is 0 Å². The first-order chi connectivity index (χ1) is 14.0. The number of nitrogens with one attached hydrogen (secondary N) is 1. The van der Waals surface area contributed by atoms with Gasteiger partial charge in [-0.2, -0.15) is 0 Å². The predicted octanol–water partition coefficient (Wildman–Crippen LogP) is 5.05. The second kappa shape index (κ2) is 7.41. The van der Waals surface area contributed by atoms with E-state index in [9.17, 15) is 4.79 Å². The van der Waals surface area contributed by atoms with E-state index >= 15 is 0 Å². The summed E-state index contributed by atoms with van der Waals surface area (Å²) in [5.41, 5.74) is 2.76. The Morgan fingerprint density at radius 3 is 2.52 bits per heavy atom. The van der Waals surface area contributed by atoms with Gasteiger partial charge in [0.05, 0.1) is 0 Å². The average Bonchev–Trinajstić information content (AvgIpc) is 2.71. The summed E-state index contributed by atoms with van der Waals surface area (Å²) >= 11 is 0. The van der Waals surface area contributed by atoms with E-state index in [1.165, 1.54) is 44.9 Å². The van der Waals surface area contributed by atoms with Gasteiger partial charge >= 0.3 is 0 Å². The number of carbonyl (C=O) groups is 1. The molecule has 0 radical (unpaired) electrons. The first kappa shape index (κ1) is 19.6. The normalized spacial score (nSPS) is 35.9. The Hall–Kier alpha value is -1.35. The fraction of sp³-hybridized carbons (Fsp3) is 0.731. The monoisotopic (exact) mass is 394 g/mol. The summed E-state index contributed by atoms with van der Waals surface area (Å²) < 4.78 is 0. The highest BCUT2D eigenvalue weighted by Gasteiger charge is 2.49. The van der Waals surface area contributed by atoms with E-state index in [0.29, 0.717) is 28.2 Å². The van der Waals surface area contributed by atoms with Gasteiger partial charge in [-0.3, -0.25) is 4.79 Å². The van der Waals surface area contributed by atoms with E-state index < -0.39 is 0 Å². The molecule has 2 aliphatic carbocycles. The molecule has 0 aromatic heterocycles. The smallest absolute Gasteiger partial charge is 0.222 e. The number of piperidine rings is 1. The molecule has 2 aliphatic heterocycles. The third kappa shape index (κ3) is 3.76. The molecule has 2 bridgehead atoms. The van der Waals surface area contributed by atoms with Crippen LogP contribution in [0.4, 0.5) is 0 Å². The minimum atomic E-state index is 0.355. The molecule has 158 valence electrons. The maximum Gasteiger partial charge on any atom is 0.222 e. The fourth-order valence-electron chi connectivity index (χ4n) is 7.45. The van der Waals surface area contributed by atoms with E-state index in [0.717, 1.165) is 45.3 Å². The number of likely N-dealkylation sites (tertiary alicyclic amines) is 1. The minimum Gasteiger partial charge on any atom is -0.343 e. The Balaban J connectivity index is 1.22. The van der Waals surface area contributed by atoms with Crippen LogP contribution in [-0.2, 0) is 10.2 Å². The highest BCUT2D eigenvalue weighted by atomic mass is 16.2. The Morgan fingerprint density at radius 2 is 1.83 bits per heavy atom. The number of rotatable bonds is 4. The maximum atomic E-state index is 12.9. The largest absolute Gasteiger partial charge is 0.343 e. The quantitative estimate of drug-likeness (QED) is 0.775. The molecule has 4 fully saturated rings. The third-order valence-corrected chi connectivity index (χ3v) is 8.99. The first-order valence-corrected chi connectivity index (χ1v) is 12.1. The summed E-state index contributed by atoms with van der Waals surface area (Å²) in [6.07, 6.45) is 13.5. The van der Waals surface area contributed by atoms with Crippen molar-refractivity contribution < 1.29 is 4.79 Å². The van der Waals surface area contributed by atoms with Gasteiger partial charge in [0.15, 0.2) is 0 Å². The summed E-state index contributed by atoms with van der Waals surface area (Å²) in [5.74, 6) is 1.11. The van der Waals surface area contributed by atoms with Crippen LogP contribution in [-0.4, -0.2) is 36.0 Å². The zero-order chi connectivity index (χ0) is 20.0. The molecule has 3 nitrogen and oxygen atoms in total. The number of hydrogen-bond donors (Lipinski definition) is 1. The van der Waals surface area contributed by atoms with Gasteiger partial charge in [0, 0.05) is 25.0 Å². The van der Waals surface area contributed by atoms with Gasteiger partial charge in [-0.1, -0.05) is 43.7 Å². The van der Waals surface area contributed by atoms with Gasteiger partial charge in [-0.15, -0.1) is 0 Å². The van der Waals surface area contributed by atoms with Crippen molar-refractivity contribution in [3.05, 3.63) is 35.9 Å². The average molecular weight is 395 g/mol. The molecule has 2 heterocycles. The lowest BCUT2D eigenvalue weighted by Gasteiger charge is -2.54. The standard InChI is InChI=1S/C26H38N2O/c1-24-10-5-11-25(20-24,22-6-3-2-4-7-22)19-21(18-24)8-9-23(29)28-16-13-26(14-17-28)12-15-27-26/h2-4,6-7,21,27H,5,8-20H2,1H3/t21?,24-,25-/m1/s1. The van der Waals surface area contributed by atoms with Crippen molar-refractivity contribution in [3.63, 3.8) is 0 Å². The SMILES string of the molecule is C[C@@]12CCC[C@@](c3ccccc3)(CC(CCC(=O)N3CCC4(CCN4)CC3)C1)C2. The van der Waals surface area contributed by atoms with Crippen molar-refractivity contribution >= 4 is 5.91 Å². The van der Waals surface area contributed by atoms with Crippen LogP contribution in [0.1, 0.15) is 83.1 Å². The van der Waals surface area contributed by atoms with E-state index in [-0.39, 0.29) is 0 Å². The molecule has 2 saturated carbocycles. The molecule has 1 N–H and O–H groups in total. The number of carbonyl (C=O) groups excluding carboxylic acids is 1. The Bertz CT molecular complexity index is 732. The number of benzene rings is 1. The number of nitrogens with zero attached hydrogens (tertiary/aromatic N) is 1. The summed E-state index contributed by atoms with van der Waals surface area (Å²) in [4.78, 5) is 15.1. The van der Waals surface area contributed by atoms with Gasteiger partial charge in [-0.05, 0) is 86.6 Å². The lowest BCUT2D eigenvalue weighted by atomic mass is 9.50. The molecule has 1 spiro atoms. The van der Waals surface area contributed by atoms with Gasteiger partial charge in [-0.25, -0.2) is 0 Å². The molecule has 3 atom stereocenters. The molecule has 2 saturated heterocycles. The molecular formula is C26H38N2O. The summed E-state index contributed by atoms with van der Waals surface area (Å²) in [6, 6.07) is 11.3. The number of amides is 1. The Morgan fingerprint density at radius 1 is 1.07 bits per heavy atom. The number of fused-ring (bicyclic) bond motifs is 2. The topological polar surface area (TPSA) is 32.3 Å². The van der Waals surface area contributed by atoms with E-state index in [1.807, 2.05) is 0 Å². The molecular weight excluding hydrogens is 356 g/mol. The van der Waals surface area contributed by atoms with Gasteiger partial charge < -0.3 is 10.2 Å². The van der Waals surface area contributed by atoms with Crippen LogP contribution < -0.4 is 5.32 Å². The lowest BCUT2D eigenvalue weighted by molar-refractivity contribution is -0.134. The van der Waals surface area contributed by atoms with Crippen LogP contribution in [0.5, 0.6) is 0 Å². The van der Waals surface area contributed by atoms with Crippen LogP contribution in [0, 0.1) is 11.3 Å². The highest BCUT2D eigenvalue weighted by Crippen LogP contribution is 2.58. The van der Waals surface area contributed by atoms with E-state index in [1.54, 1.807) is 5.56 Å². The molecule has 1 aromatic carbocycles. The number of hydrogen-bond acceptors (Lipinski definition) is 2. The summed E-state index contributed by atoms with van der Waals surface area (Å²) in [7, 11) is 0. The van der Waals surface area contributed by atoms with Gasteiger partial charge in [0.2, 0.25) is 5.91 Å². The Kier molecular flexibility index (Phi) is 5.01. The third-order valence-electron chi connectivity index (χ3n) is 8.99. The van der Waals surface area contributed by atoms with Crippen LogP contribution in [0.2, 0.25) is 0 Å². The molecule has 1 unspecified atom stereocenters. The zero-order valence-electron chi connectivity index (χ0n) is 18.2. The first-order valence-electron chi connectivity index (χ1n) is 12.1. The molecule has 1 aromatic rings. The maximum absolute atomic E-state index is 12.9. The molecule has 3 heteroatoms. The van der Waals surface area contributed by atoms with E-state index in [2.05, 4.69) is 47.5 Å². The molecule has 5 rings (SSSR count). The summed E-state index contributed by atoms with van der Waals surface area (Å²) in [6.45, 7) is 5.61. The van der Waals surface area contributed by atoms with Crippen molar-refractivity contribution in [1.29, 1.82) is 0 Å². The van der Waals surface area contributed by atoms with Crippen molar-refractivity contribution in [2.24, 2.45) is 11.3 Å². The second-order valence-corrected chi connectivity index (χ2v) is 11.1. The lowest BCUT2D eigenvalue weighted by Crippen LogP contribution is -2.62. The van der Waals surface area contributed by atoms with Crippen molar-refractivity contribution in [2.45, 2.75) is 88.5 Å². The van der Waals surface area contributed by atoms with Crippen molar-refractivity contribution in [2.75, 3.05) is 19.6 Å². The molecule has 4 aliphatic rings. The van der Waals surface area contributed by atoms with Crippen molar-refractivity contribution in [1.82, 2.24) is 10.2 Å². The molecule has 29 heavy (non-hydrogen) atoms. The molecule has 1 amide bonds. The van der Waals surface area contributed by atoms with Gasteiger partial charge in [0.25, 0.3) is 0 Å². The zero-order valence-corrected chi connectivity index (χ0v) is 18.2. The van der Waals surface area contributed by atoms with Crippen LogP contribution in [0.25, 0.3) is 0 Å². The van der Waals surface area contributed by atoms with Crippen LogP contribution in [0.15, 0.2) is 30.3 Å². The summed E-state index contributed by atoms with van der Waals surface area (Å²) in [5, 5.41) is 3.61. The predicted molar refractivity (Wildman–Crippen MR) is 118 cm³/mol. The minimum absolute atomic E-state index is 0.355. The second-order valence-electron chi connectivity index (χ2n) is 11.1. The highest BCUT2D eigenvalue weighted by molar-refractivity contribution is 5.76. The van der Waals surface area contributed by atoms with E-state index in [4.69, 9.17) is 0 Å². The van der Waals surface area contributed by atoms with Gasteiger partial charge in [0.1, 0.15) is 0 Å².